The molecule has 0 unspecified atom stereocenters. The van der Waals surface area contributed by atoms with Gasteiger partial charge in [-0.3, -0.25) is 0 Å². The summed E-state index contributed by atoms with van der Waals surface area (Å²) < 4.78 is 0. The van der Waals surface area contributed by atoms with Crippen LogP contribution in [-0.4, -0.2) is 11.4 Å². The molecule has 0 saturated heterocycles. The Labute approximate surface area is 94.3 Å². The average Bonchev–Trinajstić information content (AvgIpc) is 1.90. The van der Waals surface area contributed by atoms with Crippen molar-refractivity contribution in [3.8, 4) is 0 Å². The molecule has 0 atom stereocenters. The van der Waals surface area contributed by atoms with Gasteiger partial charge in [0.15, 0.2) is 0 Å². The van der Waals surface area contributed by atoms with E-state index >= 15 is 0 Å². The summed E-state index contributed by atoms with van der Waals surface area (Å²) in [6.07, 6.45) is 0. The SMILES string of the molecule is [Cl][Al]([Cl])[Cl].[Cu+].[c-]1ccccc1. The molecule has 1 aromatic carbocycles. The zero-order valence-corrected chi connectivity index (χ0v) is 9.76. The first kappa shape index (κ1) is 14.7. The summed E-state index contributed by atoms with van der Waals surface area (Å²) in [4.78, 5) is 0. The quantitative estimate of drug-likeness (QED) is 0.503. The van der Waals surface area contributed by atoms with Gasteiger partial charge in [0.2, 0.25) is 0 Å². The normalized spacial score (nSPS) is 6.82. The molecule has 0 amide bonds. The van der Waals surface area contributed by atoms with Crippen molar-refractivity contribution in [2.75, 3.05) is 0 Å². The van der Waals surface area contributed by atoms with Crippen molar-refractivity contribution in [2.45, 2.75) is 0 Å². The van der Waals surface area contributed by atoms with Crippen molar-refractivity contribution in [3.63, 3.8) is 0 Å². The Balaban J connectivity index is 0. The smallest absolute Gasteiger partial charge is 0.214 e. The fourth-order valence-electron chi connectivity index (χ4n) is 0.342. The second kappa shape index (κ2) is 11.1. The number of rotatable bonds is 0. The summed E-state index contributed by atoms with van der Waals surface area (Å²) in [6, 6.07) is 12.5. The zero-order valence-electron chi connectivity index (χ0n) is 5.40. The number of halogens is 3. The number of hydrogen-bond donors (Lipinski definition) is 0. The summed E-state index contributed by atoms with van der Waals surface area (Å²) in [5.41, 5.74) is 0. The average molecular weight is 274 g/mol. The Hall–Kier alpha value is 1.14. The van der Waals surface area contributed by atoms with Crippen LogP contribution in [0.3, 0.4) is 0 Å². The van der Waals surface area contributed by atoms with Gasteiger partial charge in [0, 0.05) is 0 Å². The molecule has 0 radical (unpaired) electrons. The largest absolute Gasteiger partial charge is 1.00 e. The molecule has 0 aliphatic rings. The second-order valence-corrected chi connectivity index (χ2v) is 7.76. The van der Waals surface area contributed by atoms with Crippen LogP contribution in [0.5, 0.6) is 0 Å². The number of benzene rings is 1. The second-order valence-electron chi connectivity index (χ2n) is 1.32. The third kappa shape index (κ3) is 18.3. The van der Waals surface area contributed by atoms with E-state index in [9.17, 15) is 0 Å². The number of hydrogen-bond acceptors (Lipinski definition) is 0. The van der Waals surface area contributed by atoms with Crippen LogP contribution in [0.1, 0.15) is 0 Å². The third-order valence-corrected chi connectivity index (χ3v) is 0.607. The molecule has 0 bridgehead atoms. The Morgan fingerprint density at radius 3 is 1.36 bits per heavy atom. The van der Waals surface area contributed by atoms with Crippen LogP contribution in [0.25, 0.3) is 0 Å². The molecule has 0 aliphatic carbocycles. The predicted octanol–water partition coefficient (Wildman–Crippen LogP) is 3.17. The van der Waals surface area contributed by atoms with Gasteiger partial charge in [-0.25, -0.2) is 30.1 Å². The molecule has 1 aromatic rings. The minimum atomic E-state index is -1.72. The monoisotopic (exact) mass is 272 g/mol. The maximum atomic E-state index is 4.94. The summed E-state index contributed by atoms with van der Waals surface area (Å²) >= 11 is -1.72. The van der Waals surface area contributed by atoms with Gasteiger partial charge < -0.3 is 0 Å². The maximum absolute atomic E-state index is 4.94. The predicted molar refractivity (Wildman–Crippen MR) is 48.6 cm³/mol. The van der Waals surface area contributed by atoms with Crippen molar-refractivity contribution in [1.29, 1.82) is 0 Å². The molecule has 0 aliphatic heterocycles. The Morgan fingerprint density at radius 2 is 1.27 bits per heavy atom. The van der Waals surface area contributed by atoms with E-state index in [1.807, 2.05) is 30.3 Å². The molecular weight excluding hydrogens is 269 g/mol. The first-order valence-electron chi connectivity index (χ1n) is 2.57. The maximum Gasteiger partial charge on any atom is 1.00 e. The van der Waals surface area contributed by atoms with Gasteiger partial charge in [0.1, 0.15) is 0 Å². The van der Waals surface area contributed by atoms with E-state index in [2.05, 4.69) is 6.07 Å². The van der Waals surface area contributed by atoms with Crippen molar-refractivity contribution >= 4 is 41.5 Å². The molecule has 0 aromatic heterocycles. The molecule has 0 heterocycles. The van der Waals surface area contributed by atoms with E-state index in [-0.39, 0.29) is 17.1 Å². The van der Waals surface area contributed by atoms with Gasteiger partial charge in [-0.2, -0.15) is 36.4 Å². The molecule has 5 heteroatoms. The molecule has 0 nitrogen and oxygen atoms in total. The van der Waals surface area contributed by atoms with Crippen LogP contribution < -0.4 is 0 Å². The minimum Gasteiger partial charge on any atom is -0.214 e. The van der Waals surface area contributed by atoms with Gasteiger partial charge in [0.25, 0.3) is 0 Å². The van der Waals surface area contributed by atoms with Gasteiger partial charge in [-0.05, 0) is 0 Å². The fraction of sp³-hybridized carbons (Fsp3) is 0. The van der Waals surface area contributed by atoms with Crippen LogP contribution in [0.4, 0.5) is 0 Å². The van der Waals surface area contributed by atoms with E-state index in [1.54, 1.807) is 0 Å². The Morgan fingerprint density at radius 1 is 0.909 bits per heavy atom. The van der Waals surface area contributed by atoms with E-state index in [0.717, 1.165) is 0 Å². The molecular formula is C6H5AlCl3Cu. The van der Waals surface area contributed by atoms with Crippen molar-refractivity contribution in [3.05, 3.63) is 36.4 Å². The summed E-state index contributed by atoms with van der Waals surface area (Å²) in [7, 11) is 14.8. The zero-order chi connectivity index (χ0) is 7.82. The molecule has 0 fully saturated rings. The van der Waals surface area contributed by atoms with Gasteiger partial charge in [-0.1, -0.05) is 0 Å². The van der Waals surface area contributed by atoms with Crippen LogP contribution in [0.15, 0.2) is 30.3 Å². The van der Waals surface area contributed by atoms with E-state index in [0.29, 0.717) is 0 Å². The van der Waals surface area contributed by atoms with Gasteiger partial charge in [-0.15, -0.1) is 0 Å². The van der Waals surface area contributed by atoms with Crippen molar-refractivity contribution in [2.24, 2.45) is 0 Å². The summed E-state index contributed by atoms with van der Waals surface area (Å²) in [6.45, 7) is 0. The van der Waals surface area contributed by atoms with Crippen LogP contribution in [0.2, 0.25) is 0 Å². The van der Waals surface area contributed by atoms with Crippen molar-refractivity contribution in [1.82, 2.24) is 0 Å². The van der Waals surface area contributed by atoms with E-state index in [1.165, 1.54) is 0 Å². The summed E-state index contributed by atoms with van der Waals surface area (Å²) in [5, 5.41) is 0. The third-order valence-electron chi connectivity index (χ3n) is 0.607. The Bertz CT molecular complexity index is 118. The minimum absolute atomic E-state index is 0. The molecule has 0 N–H and O–H groups in total. The van der Waals surface area contributed by atoms with Gasteiger partial charge in [0.05, 0.1) is 0 Å². The van der Waals surface area contributed by atoms with Crippen molar-refractivity contribution < 1.29 is 17.1 Å². The standard InChI is InChI=1S/C6H5.Al.3ClH.Cu/c1-2-4-6-5-3-1;;;;;/h1-5H;;3*1H;/q-1;+3;;;;+1/p-3. The van der Waals surface area contributed by atoms with Crippen LogP contribution >= 0.6 is 30.1 Å². The Kier molecular flexibility index (Phi) is 14.8. The van der Waals surface area contributed by atoms with Gasteiger partial charge >= 0.3 is 28.5 Å². The first-order valence-corrected chi connectivity index (χ1v) is 7.80. The van der Waals surface area contributed by atoms with E-state index in [4.69, 9.17) is 30.1 Å². The topological polar surface area (TPSA) is 0 Å². The first-order chi connectivity index (χ1) is 4.73. The molecule has 1 rings (SSSR count). The van der Waals surface area contributed by atoms with Crippen LogP contribution in [-0.2, 0) is 17.1 Å². The molecule has 11 heavy (non-hydrogen) atoms. The fourth-order valence-corrected chi connectivity index (χ4v) is 0.342. The van der Waals surface area contributed by atoms with Crippen LogP contribution in [0, 0.1) is 6.07 Å². The molecule has 0 spiro atoms. The summed E-state index contributed by atoms with van der Waals surface area (Å²) in [5.74, 6) is 0. The van der Waals surface area contributed by atoms with E-state index < -0.39 is 11.4 Å². The molecule has 0 saturated carbocycles. The molecule has 64 valence electrons.